The maximum atomic E-state index is 11.6. The van der Waals surface area contributed by atoms with Crippen LogP contribution >= 0.6 is 0 Å². The predicted octanol–water partition coefficient (Wildman–Crippen LogP) is 3.77. The van der Waals surface area contributed by atoms with E-state index in [2.05, 4.69) is 43.4 Å². The van der Waals surface area contributed by atoms with E-state index in [0.29, 0.717) is 13.0 Å². The number of hydrogen-bond acceptors (Lipinski definition) is 2. The summed E-state index contributed by atoms with van der Waals surface area (Å²) in [7, 11) is 0. The van der Waals surface area contributed by atoms with Gasteiger partial charge in [-0.15, -0.1) is 0 Å². The number of rotatable bonds is 9. The van der Waals surface area contributed by atoms with Crippen molar-refractivity contribution in [2.24, 2.45) is 0 Å². The highest BCUT2D eigenvalue weighted by molar-refractivity contribution is 5.75. The van der Waals surface area contributed by atoms with Gasteiger partial charge in [-0.3, -0.25) is 4.79 Å². The van der Waals surface area contributed by atoms with E-state index in [4.69, 9.17) is 4.74 Å². The van der Waals surface area contributed by atoms with Crippen LogP contribution < -0.4 is 5.32 Å². The molecule has 0 fully saturated rings. The average Bonchev–Trinajstić information content (AvgIpc) is 2.44. The number of nitrogens with one attached hydrogen (secondary N) is 1. The minimum atomic E-state index is -0.0528. The highest BCUT2D eigenvalue weighted by Crippen LogP contribution is 2.18. The number of amides is 1. The van der Waals surface area contributed by atoms with Gasteiger partial charge in [0.05, 0.1) is 6.10 Å². The molecule has 0 saturated carbocycles. The monoisotopic (exact) mass is 277 g/mol. The van der Waals surface area contributed by atoms with Crippen LogP contribution in [0.2, 0.25) is 0 Å². The molecule has 0 heterocycles. The molecule has 1 aromatic rings. The van der Waals surface area contributed by atoms with Crippen LogP contribution in [0.3, 0.4) is 0 Å². The Kier molecular flexibility index (Phi) is 7.97. The molecule has 1 rings (SSSR count). The maximum Gasteiger partial charge on any atom is 0.220 e. The molecule has 1 atom stereocenters. The molecule has 0 aliphatic rings. The van der Waals surface area contributed by atoms with E-state index in [9.17, 15) is 4.79 Å². The fraction of sp³-hybridized carbons (Fsp3) is 0.588. The zero-order valence-corrected chi connectivity index (χ0v) is 12.9. The molecule has 0 spiro atoms. The Morgan fingerprint density at radius 2 is 1.90 bits per heavy atom. The smallest absolute Gasteiger partial charge is 0.220 e. The lowest BCUT2D eigenvalue weighted by atomic mass is 10.1. The van der Waals surface area contributed by atoms with Gasteiger partial charge in [0.15, 0.2) is 0 Å². The summed E-state index contributed by atoms with van der Waals surface area (Å²) in [6.07, 6.45) is 3.56. The van der Waals surface area contributed by atoms with E-state index >= 15 is 0 Å². The molecule has 0 saturated heterocycles. The Morgan fingerprint density at radius 3 is 2.50 bits per heavy atom. The van der Waals surface area contributed by atoms with Crippen LogP contribution in [-0.4, -0.2) is 19.1 Å². The highest BCUT2D eigenvalue weighted by Gasteiger charge is 2.13. The molecule has 112 valence electrons. The van der Waals surface area contributed by atoms with E-state index in [-0.39, 0.29) is 12.0 Å². The highest BCUT2D eigenvalue weighted by atomic mass is 16.5. The summed E-state index contributed by atoms with van der Waals surface area (Å²) in [5.41, 5.74) is 2.36. The van der Waals surface area contributed by atoms with Gasteiger partial charge in [0, 0.05) is 19.6 Å². The maximum absolute atomic E-state index is 11.6. The summed E-state index contributed by atoms with van der Waals surface area (Å²) >= 11 is 0. The number of carbonyl (C=O) groups excluding carboxylic acids is 1. The van der Waals surface area contributed by atoms with E-state index in [1.807, 2.05) is 6.92 Å². The summed E-state index contributed by atoms with van der Waals surface area (Å²) < 4.78 is 5.92. The lowest BCUT2D eigenvalue weighted by Crippen LogP contribution is -2.29. The molecule has 1 N–H and O–H groups in total. The molecule has 1 amide bonds. The van der Waals surface area contributed by atoms with Crippen LogP contribution in [0.4, 0.5) is 0 Å². The SMILES string of the molecule is CCCCO[C@H](CNC(=O)CCC)c1ccc(C)cc1. The van der Waals surface area contributed by atoms with Crippen molar-refractivity contribution in [1.82, 2.24) is 5.32 Å². The van der Waals surface area contributed by atoms with Gasteiger partial charge in [-0.25, -0.2) is 0 Å². The first kappa shape index (κ1) is 16.7. The second kappa shape index (κ2) is 9.54. The molecule has 0 aliphatic heterocycles. The summed E-state index contributed by atoms with van der Waals surface area (Å²) in [4.78, 5) is 11.6. The van der Waals surface area contributed by atoms with Gasteiger partial charge in [0.1, 0.15) is 0 Å². The molecule has 0 bridgehead atoms. The zero-order chi connectivity index (χ0) is 14.8. The number of unbranched alkanes of at least 4 members (excludes halogenated alkanes) is 1. The lowest BCUT2D eigenvalue weighted by molar-refractivity contribution is -0.121. The largest absolute Gasteiger partial charge is 0.372 e. The van der Waals surface area contributed by atoms with Crippen LogP contribution in [0, 0.1) is 6.92 Å². The minimum Gasteiger partial charge on any atom is -0.372 e. The van der Waals surface area contributed by atoms with E-state index in [1.54, 1.807) is 0 Å². The van der Waals surface area contributed by atoms with Crippen LogP contribution in [0.5, 0.6) is 0 Å². The Labute approximate surface area is 122 Å². The molecular weight excluding hydrogens is 250 g/mol. The van der Waals surface area contributed by atoms with Crippen molar-refractivity contribution in [2.75, 3.05) is 13.2 Å². The molecule has 20 heavy (non-hydrogen) atoms. The quantitative estimate of drug-likeness (QED) is 0.698. The van der Waals surface area contributed by atoms with Gasteiger partial charge in [0.2, 0.25) is 5.91 Å². The third kappa shape index (κ3) is 6.20. The average molecular weight is 277 g/mol. The first-order valence-corrected chi connectivity index (χ1v) is 7.62. The molecular formula is C17H27NO2. The van der Waals surface area contributed by atoms with Crippen molar-refractivity contribution in [3.8, 4) is 0 Å². The summed E-state index contributed by atoms with van der Waals surface area (Å²) in [6, 6.07) is 8.33. The summed E-state index contributed by atoms with van der Waals surface area (Å²) in [5, 5.41) is 2.96. The van der Waals surface area contributed by atoms with Crippen LogP contribution in [0.15, 0.2) is 24.3 Å². The van der Waals surface area contributed by atoms with E-state index < -0.39 is 0 Å². The fourth-order valence-electron chi connectivity index (χ4n) is 1.95. The van der Waals surface area contributed by atoms with E-state index in [0.717, 1.165) is 31.4 Å². The van der Waals surface area contributed by atoms with Crippen LogP contribution in [0.25, 0.3) is 0 Å². The van der Waals surface area contributed by atoms with Gasteiger partial charge in [-0.1, -0.05) is 50.1 Å². The molecule has 0 radical (unpaired) electrons. The minimum absolute atomic E-state index is 0.0528. The third-order valence-corrected chi connectivity index (χ3v) is 3.23. The number of ether oxygens (including phenoxy) is 1. The van der Waals surface area contributed by atoms with Gasteiger partial charge in [-0.2, -0.15) is 0 Å². The van der Waals surface area contributed by atoms with Gasteiger partial charge >= 0.3 is 0 Å². The molecule has 0 aliphatic carbocycles. The van der Waals surface area contributed by atoms with Crippen molar-refractivity contribution in [3.05, 3.63) is 35.4 Å². The second-order valence-electron chi connectivity index (χ2n) is 5.18. The van der Waals surface area contributed by atoms with E-state index in [1.165, 1.54) is 5.56 Å². The molecule has 3 heteroatoms. The number of hydrogen-bond donors (Lipinski definition) is 1. The Morgan fingerprint density at radius 1 is 1.20 bits per heavy atom. The first-order valence-electron chi connectivity index (χ1n) is 7.62. The topological polar surface area (TPSA) is 38.3 Å². The predicted molar refractivity (Wildman–Crippen MR) is 82.7 cm³/mol. The first-order chi connectivity index (χ1) is 9.67. The van der Waals surface area contributed by atoms with Crippen LogP contribution in [0.1, 0.15) is 56.8 Å². The molecule has 1 aromatic carbocycles. The number of benzene rings is 1. The van der Waals surface area contributed by atoms with Crippen molar-refractivity contribution in [3.63, 3.8) is 0 Å². The normalized spacial score (nSPS) is 12.2. The molecule has 3 nitrogen and oxygen atoms in total. The Balaban J connectivity index is 2.59. The molecule has 0 unspecified atom stereocenters. The Bertz CT molecular complexity index is 386. The van der Waals surface area contributed by atoms with Crippen LogP contribution in [-0.2, 0) is 9.53 Å². The van der Waals surface area contributed by atoms with Crippen molar-refractivity contribution < 1.29 is 9.53 Å². The zero-order valence-electron chi connectivity index (χ0n) is 12.9. The van der Waals surface area contributed by atoms with Crippen molar-refractivity contribution >= 4 is 5.91 Å². The van der Waals surface area contributed by atoms with Gasteiger partial charge in [0.25, 0.3) is 0 Å². The summed E-state index contributed by atoms with van der Waals surface area (Å²) in [5.74, 6) is 0.101. The summed E-state index contributed by atoms with van der Waals surface area (Å²) in [6.45, 7) is 7.51. The van der Waals surface area contributed by atoms with Gasteiger partial charge < -0.3 is 10.1 Å². The van der Waals surface area contributed by atoms with Crippen molar-refractivity contribution in [2.45, 2.75) is 52.6 Å². The second-order valence-corrected chi connectivity index (χ2v) is 5.18. The number of carbonyl (C=O) groups is 1. The van der Waals surface area contributed by atoms with Crippen molar-refractivity contribution in [1.29, 1.82) is 0 Å². The standard InChI is InChI=1S/C17H27NO2/c1-4-6-12-20-16(13-18-17(19)7-5-2)15-10-8-14(3)9-11-15/h8-11,16H,4-7,12-13H2,1-3H3,(H,18,19)/t16-/m1/s1. The molecule has 0 aromatic heterocycles. The Hall–Kier alpha value is -1.35. The number of aryl methyl sites for hydroxylation is 1. The third-order valence-electron chi connectivity index (χ3n) is 3.23. The fourth-order valence-corrected chi connectivity index (χ4v) is 1.95. The lowest BCUT2D eigenvalue weighted by Gasteiger charge is -2.19. The van der Waals surface area contributed by atoms with Gasteiger partial charge in [-0.05, 0) is 25.3 Å².